The molecule has 0 unspecified atom stereocenters. The number of fused-ring (bicyclic) bond motifs is 1. The molecule has 1 aromatic carbocycles. The molecule has 0 spiro atoms. The summed E-state index contributed by atoms with van der Waals surface area (Å²) in [6.45, 7) is 7.10. The van der Waals surface area contributed by atoms with Crippen molar-refractivity contribution in [3.05, 3.63) is 54.2 Å². The molecule has 0 saturated heterocycles. The number of urea groups is 1. The van der Waals surface area contributed by atoms with E-state index in [2.05, 4.69) is 45.1 Å². The van der Waals surface area contributed by atoms with Gasteiger partial charge in [0.15, 0.2) is 0 Å². The lowest BCUT2D eigenvalue weighted by molar-refractivity contribution is 0.249. The Bertz CT molecular complexity index is 872. The van der Waals surface area contributed by atoms with Crippen LogP contribution in [0.5, 0.6) is 0 Å². The van der Waals surface area contributed by atoms with Crippen LogP contribution >= 0.6 is 0 Å². The predicted molar refractivity (Wildman–Crippen MR) is 99.7 cm³/mol. The van der Waals surface area contributed by atoms with E-state index in [0.29, 0.717) is 6.42 Å². The van der Waals surface area contributed by atoms with Gasteiger partial charge < -0.3 is 15.2 Å². The molecule has 2 heterocycles. The Kier molecular flexibility index (Phi) is 4.97. The van der Waals surface area contributed by atoms with E-state index in [1.165, 1.54) is 11.2 Å². The molecule has 1 atom stereocenters. The number of aryl methyl sites for hydroxylation is 2. The first kappa shape index (κ1) is 17.0. The average Bonchev–Trinajstić information content (AvgIpc) is 2.89. The number of nitrogens with zero attached hydrogens (tertiary/aromatic N) is 3. The molecule has 0 aliphatic rings. The fourth-order valence-electron chi connectivity index (χ4n) is 3.10. The highest BCUT2D eigenvalue weighted by Crippen LogP contribution is 2.23. The smallest absolute Gasteiger partial charge is 0.319 e. The summed E-state index contributed by atoms with van der Waals surface area (Å²) in [5, 5.41) is 6.96. The summed E-state index contributed by atoms with van der Waals surface area (Å²) in [5.74, 6) is 0. The maximum Gasteiger partial charge on any atom is 0.319 e. The lowest BCUT2D eigenvalue weighted by atomic mass is 10.2. The highest BCUT2D eigenvalue weighted by atomic mass is 16.2. The molecule has 0 radical (unpaired) electrons. The van der Waals surface area contributed by atoms with Crippen LogP contribution in [0.2, 0.25) is 0 Å². The van der Waals surface area contributed by atoms with E-state index in [0.717, 1.165) is 23.3 Å². The van der Waals surface area contributed by atoms with E-state index in [1.807, 2.05) is 25.1 Å². The van der Waals surface area contributed by atoms with Crippen LogP contribution in [0.15, 0.2) is 42.9 Å². The molecule has 25 heavy (non-hydrogen) atoms. The molecule has 0 fully saturated rings. The molecule has 3 rings (SSSR count). The number of carbonyl (C=O) groups is 1. The monoisotopic (exact) mass is 337 g/mol. The second kappa shape index (κ2) is 7.34. The summed E-state index contributed by atoms with van der Waals surface area (Å²) in [5.41, 5.74) is 4.04. The number of carbonyl (C=O) groups excluding carboxylic acids is 1. The number of amides is 2. The zero-order valence-electron chi connectivity index (χ0n) is 14.8. The van der Waals surface area contributed by atoms with Crippen LogP contribution in [0.3, 0.4) is 0 Å². The predicted octanol–water partition coefficient (Wildman–Crippen LogP) is 3.51. The first-order valence-electron chi connectivity index (χ1n) is 8.49. The Morgan fingerprint density at radius 3 is 2.84 bits per heavy atom. The van der Waals surface area contributed by atoms with Crippen molar-refractivity contribution in [2.75, 3.05) is 5.32 Å². The van der Waals surface area contributed by atoms with E-state index in [4.69, 9.17) is 0 Å². The maximum atomic E-state index is 12.2. The quantitative estimate of drug-likeness (QED) is 0.748. The van der Waals surface area contributed by atoms with Gasteiger partial charge in [-0.25, -0.2) is 4.79 Å². The number of anilines is 1. The van der Waals surface area contributed by atoms with Gasteiger partial charge in [-0.3, -0.25) is 9.97 Å². The highest BCUT2D eigenvalue weighted by molar-refractivity contribution is 5.93. The standard InChI is InChI=1S/C19H23N5O/c1-4-24-14(3)10-15-11-16(5-6-18(15)24)23-19(25)22-13(2)9-17-12-20-7-8-21-17/h5-8,10-13H,4,9H2,1-3H3,(H2,22,23,25)/t13-/m0/s1. The fraction of sp³-hybridized carbons (Fsp3) is 0.316. The van der Waals surface area contributed by atoms with Gasteiger partial charge in [-0.05, 0) is 45.0 Å². The summed E-state index contributed by atoms with van der Waals surface area (Å²) >= 11 is 0. The first-order valence-corrected chi connectivity index (χ1v) is 8.49. The van der Waals surface area contributed by atoms with Crippen molar-refractivity contribution in [1.29, 1.82) is 0 Å². The molecule has 130 valence electrons. The molecule has 0 aliphatic heterocycles. The number of hydrogen-bond acceptors (Lipinski definition) is 3. The Morgan fingerprint density at radius 2 is 2.12 bits per heavy atom. The summed E-state index contributed by atoms with van der Waals surface area (Å²) in [7, 11) is 0. The lowest BCUT2D eigenvalue weighted by Crippen LogP contribution is -2.37. The third-order valence-corrected chi connectivity index (χ3v) is 4.19. The van der Waals surface area contributed by atoms with Gasteiger partial charge in [-0.15, -0.1) is 0 Å². The van der Waals surface area contributed by atoms with Crippen molar-refractivity contribution in [2.24, 2.45) is 0 Å². The molecule has 0 saturated carbocycles. The average molecular weight is 337 g/mol. The largest absolute Gasteiger partial charge is 0.345 e. The summed E-state index contributed by atoms with van der Waals surface area (Å²) in [6.07, 6.45) is 5.64. The van der Waals surface area contributed by atoms with E-state index < -0.39 is 0 Å². The van der Waals surface area contributed by atoms with Gasteiger partial charge in [0.25, 0.3) is 0 Å². The Hall–Kier alpha value is -2.89. The number of aromatic nitrogens is 3. The van der Waals surface area contributed by atoms with Gasteiger partial charge in [-0.1, -0.05) is 0 Å². The first-order chi connectivity index (χ1) is 12.1. The third-order valence-electron chi connectivity index (χ3n) is 4.19. The van der Waals surface area contributed by atoms with E-state index in [-0.39, 0.29) is 12.1 Å². The van der Waals surface area contributed by atoms with Crippen LogP contribution in [0.1, 0.15) is 25.2 Å². The van der Waals surface area contributed by atoms with E-state index >= 15 is 0 Å². The molecule has 2 N–H and O–H groups in total. The van der Waals surface area contributed by atoms with Crippen molar-refractivity contribution >= 4 is 22.6 Å². The van der Waals surface area contributed by atoms with Crippen molar-refractivity contribution in [3.8, 4) is 0 Å². The van der Waals surface area contributed by atoms with Gasteiger partial charge in [0, 0.05) is 59.9 Å². The second-order valence-corrected chi connectivity index (χ2v) is 6.20. The van der Waals surface area contributed by atoms with Gasteiger partial charge in [0.1, 0.15) is 0 Å². The fourth-order valence-corrected chi connectivity index (χ4v) is 3.10. The third kappa shape index (κ3) is 3.96. The number of nitrogens with one attached hydrogen (secondary N) is 2. The Labute approximate surface area is 147 Å². The maximum absolute atomic E-state index is 12.2. The molecule has 6 nitrogen and oxygen atoms in total. The van der Waals surface area contributed by atoms with Crippen LogP contribution in [0.25, 0.3) is 10.9 Å². The molecule has 0 bridgehead atoms. The minimum Gasteiger partial charge on any atom is -0.345 e. The summed E-state index contributed by atoms with van der Waals surface area (Å²) in [6, 6.07) is 7.86. The summed E-state index contributed by atoms with van der Waals surface area (Å²) in [4.78, 5) is 20.5. The van der Waals surface area contributed by atoms with Crippen LogP contribution in [0.4, 0.5) is 10.5 Å². The van der Waals surface area contributed by atoms with Crippen LogP contribution in [0, 0.1) is 6.92 Å². The minimum atomic E-state index is -0.220. The summed E-state index contributed by atoms with van der Waals surface area (Å²) < 4.78 is 2.25. The molecule has 3 aromatic rings. The van der Waals surface area contributed by atoms with Gasteiger partial charge >= 0.3 is 6.03 Å². The molecular weight excluding hydrogens is 314 g/mol. The molecule has 2 amide bonds. The zero-order chi connectivity index (χ0) is 17.8. The molecule has 0 aliphatic carbocycles. The number of hydrogen-bond donors (Lipinski definition) is 2. The SMILES string of the molecule is CCn1c(C)cc2cc(NC(=O)N[C@@H](C)Cc3cnccn3)ccc21. The second-order valence-electron chi connectivity index (χ2n) is 6.20. The molecule has 2 aromatic heterocycles. The van der Waals surface area contributed by atoms with Crippen LogP contribution in [-0.4, -0.2) is 26.6 Å². The van der Waals surface area contributed by atoms with Crippen molar-refractivity contribution in [1.82, 2.24) is 19.9 Å². The van der Waals surface area contributed by atoms with Gasteiger partial charge in [0.2, 0.25) is 0 Å². The van der Waals surface area contributed by atoms with Crippen molar-refractivity contribution in [3.63, 3.8) is 0 Å². The zero-order valence-corrected chi connectivity index (χ0v) is 14.8. The topological polar surface area (TPSA) is 71.8 Å². The Morgan fingerprint density at radius 1 is 1.28 bits per heavy atom. The van der Waals surface area contributed by atoms with Crippen LogP contribution < -0.4 is 10.6 Å². The van der Waals surface area contributed by atoms with E-state index in [9.17, 15) is 4.79 Å². The normalized spacial score (nSPS) is 12.1. The van der Waals surface area contributed by atoms with E-state index in [1.54, 1.807) is 18.6 Å². The van der Waals surface area contributed by atoms with Gasteiger partial charge in [-0.2, -0.15) is 0 Å². The van der Waals surface area contributed by atoms with Crippen LogP contribution in [-0.2, 0) is 13.0 Å². The molecule has 6 heteroatoms. The van der Waals surface area contributed by atoms with Crippen molar-refractivity contribution in [2.45, 2.75) is 39.8 Å². The molecular formula is C19H23N5O. The minimum absolute atomic E-state index is 0.0381. The number of rotatable bonds is 5. The Balaban J connectivity index is 1.63. The van der Waals surface area contributed by atoms with Gasteiger partial charge in [0.05, 0.1) is 5.69 Å². The highest BCUT2D eigenvalue weighted by Gasteiger charge is 2.10. The van der Waals surface area contributed by atoms with Crippen molar-refractivity contribution < 1.29 is 4.79 Å². The number of benzene rings is 1. The lowest BCUT2D eigenvalue weighted by Gasteiger charge is -2.14.